The molecule has 1 atom stereocenters. The van der Waals surface area contributed by atoms with Crippen LogP contribution in [0.25, 0.3) is 0 Å². The highest BCUT2D eigenvalue weighted by molar-refractivity contribution is 5.97. The van der Waals surface area contributed by atoms with Crippen molar-refractivity contribution in [3.8, 4) is 0 Å². The smallest absolute Gasteiger partial charge is 0.252 e. The van der Waals surface area contributed by atoms with Gasteiger partial charge in [-0.3, -0.25) is 9.59 Å². The van der Waals surface area contributed by atoms with E-state index in [1.165, 1.54) is 26.2 Å². The zero-order valence-corrected chi connectivity index (χ0v) is 14.4. The molecule has 2 amide bonds. The fourth-order valence-corrected chi connectivity index (χ4v) is 2.33. The lowest BCUT2D eigenvalue weighted by Gasteiger charge is -2.16. The van der Waals surface area contributed by atoms with Crippen LogP contribution in [0.4, 0.5) is 10.1 Å². The van der Waals surface area contributed by atoms with Crippen LogP contribution in [0.5, 0.6) is 0 Å². The monoisotopic (exact) mass is 348 g/mol. The molecule has 134 valence electrons. The van der Waals surface area contributed by atoms with Crippen molar-refractivity contribution >= 4 is 17.5 Å². The highest BCUT2D eigenvalue weighted by Crippen LogP contribution is 2.20. The quantitative estimate of drug-likeness (QED) is 0.806. The molecule has 0 radical (unpaired) electrons. The van der Waals surface area contributed by atoms with E-state index in [2.05, 4.69) is 10.6 Å². The van der Waals surface area contributed by atoms with Gasteiger partial charge in [0.05, 0.1) is 12.3 Å². The zero-order chi connectivity index (χ0) is 18.4. The predicted molar refractivity (Wildman–Crippen MR) is 90.9 cm³/mol. The molecule has 0 unspecified atom stereocenters. The van der Waals surface area contributed by atoms with Crippen molar-refractivity contribution in [3.63, 3.8) is 0 Å². The van der Waals surface area contributed by atoms with Gasteiger partial charge in [0, 0.05) is 26.0 Å². The second-order valence-electron chi connectivity index (χ2n) is 5.51. The van der Waals surface area contributed by atoms with Crippen LogP contribution in [0.15, 0.2) is 34.7 Å². The summed E-state index contributed by atoms with van der Waals surface area (Å²) in [5.74, 6) is -0.0744. The fraction of sp³-hybridized carbons (Fsp3) is 0.333. The van der Waals surface area contributed by atoms with Crippen LogP contribution in [0, 0.1) is 5.82 Å². The second-order valence-corrected chi connectivity index (χ2v) is 5.51. The first-order chi connectivity index (χ1) is 11.9. The summed E-state index contributed by atoms with van der Waals surface area (Å²) < 4.78 is 24.5. The third kappa shape index (κ3) is 4.90. The molecule has 1 aromatic carbocycles. The van der Waals surface area contributed by atoms with Crippen LogP contribution in [-0.2, 0) is 16.0 Å². The third-order valence-corrected chi connectivity index (χ3v) is 3.55. The van der Waals surface area contributed by atoms with Gasteiger partial charge in [-0.2, -0.15) is 0 Å². The summed E-state index contributed by atoms with van der Waals surface area (Å²) in [5, 5.41) is 5.15. The second kappa shape index (κ2) is 8.43. The molecule has 7 heteroatoms. The summed E-state index contributed by atoms with van der Waals surface area (Å²) >= 11 is 0. The minimum absolute atomic E-state index is 0.0466. The molecule has 6 nitrogen and oxygen atoms in total. The van der Waals surface area contributed by atoms with Crippen LogP contribution in [0.1, 0.15) is 41.8 Å². The van der Waals surface area contributed by atoms with Gasteiger partial charge < -0.3 is 19.8 Å². The van der Waals surface area contributed by atoms with Crippen LogP contribution < -0.4 is 10.6 Å². The van der Waals surface area contributed by atoms with Gasteiger partial charge in [0.25, 0.3) is 5.91 Å². The predicted octanol–water partition coefficient (Wildman–Crippen LogP) is 3.06. The van der Waals surface area contributed by atoms with E-state index in [1.807, 2.05) is 13.0 Å². The molecule has 2 rings (SSSR count). The van der Waals surface area contributed by atoms with Crippen LogP contribution in [-0.4, -0.2) is 25.5 Å². The van der Waals surface area contributed by atoms with Crippen molar-refractivity contribution in [2.45, 2.75) is 26.3 Å². The van der Waals surface area contributed by atoms with Crippen molar-refractivity contribution in [1.29, 1.82) is 0 Å². The lowest BCUT2D eigenvalue weighted by molar-refractivity contribution is -0.114. The lowest BCUT2D eigenvalue weighted by Crippen LogP contribution is -2.31. The number of halogens is 1. The largest absolute Gasteiger partial charge is 0.464 e. The molecule has 1 heterocycles. The Labute approximate surface area is 145 Å². The molecular weight excluding hydrogens is 327 g/mol. The van der Waals surface area contributed by atoms with Crippen molar-refractivity contribution in [2.75, 3.05) is 19.0 Å². The Morgan fingerprint density at radius 3 is 2.64 bits per heavy atom. The van der Waals surface area contributed by atoms with Gasteiger partial charge in [0.2, 0.25) is 5.91 Å². The number of amides is 2. The highest BCUT2D eigenvalue weighted by Gasteiger charge is 2.20. The van der Waals surface area contributed by atoms with Gasteiger partial charge in [-0.1, -0.05) is 6.92 Å². The molecule has 0 aliphatic rings. The van der Waals surface area contributed by atoms with Crippen molar-refractivity contribution in [3.05, 3.63) is 53.2 Å². The van der Waals surface area contributed by atoms with Gasteiger partial charge in [0.15, 0.2) is 0 Å². The van der Waals surface area contributed by atoms with Gasteiger partial charge in [-0.15, -0.1) is 0 Å². The minimum Gasteiger partial charge on any atom is -0.464 e. The average Bonchev–Trinajstić information content (AvgIpc) is 3.05. The van der Waals surface area contributed by atoms with E-state index in [0.717, 1.165) is 18.2 Å². The summed E-state index contributed by atoms with van der Waals surface area (Å²) in [5.41, 5.74) is 0.170. The Morgan fingerprint density at radius 1 is 1.28 bits per heavy atom. The van der Waals surface area contributed by atoms with E-state index in [-0.39, 0.29) is 17.9 Å². The average molecular weight is 348 g/mol. The maximum absolute atomic E-state index is 13.7. The zero-order valence-electron chi connectivity index (χ0n) is 14.4. The summed E-state index contributed by atoms with van der Waals surface area (Å²) in [6.45, 7) is 3.46. The van der Waals surface area contributed by atoms with Crippen molar-refractivity contribution in [1.82, 2.24) is 5.32 Å². The SMILES string of the molecule is CCc1ccc([C@@H](COC)NC(=O)c2ccc(F)c(NC(C)=O)c2)o1. The van der Waals surface area contributed by atoms with Gasteiger partial charge in [-0.05, 0) is 30.3 Å². The first kappa shape index (κ1) is 18.7. The summed E-state index contributed by atoms with van der Waals surface area (Å²) in [6.07, 6.45) is 0.742. The highest BCUT2D eigenvalue weighted by atomic mass is 19.1. The van der Waals surface area contributed by atoms with Crippen molar-refractivity contribution in [2.24, 2.45) is 0 Å². The van der Waals surface area contributed by atoms with Gasteiger partial charge in [0.1, 0.15) is 23.4 Å². The Morgan fingerprint density at radius 2 is 2.04 bits per heavy atom. The number of rotatable bonds is 7. The molecule has 0 aliphatic heterocycles. The Bertz CT molecular complexity index is 757. The number of hydrogen-bond acceptors (Lipinski definition) is 4. The molecular formula is C18H21FN2O4. The van der Waals surface area contributed by atoms with Gasteiger partial charge in [-0.25, -0.2) is 4.39 Å². The number of anilines is 1. The number of furan rings is 1. The third-order valence-electron chi connectivity index (χ3n) is 3.55. The molecule has 0 bridgehead atoms. The van der Waals surface area contributed by atoms with Crippen LogP contribution in [0.3, 0.4) is 0 Å². The molecule has 0 saturated carbocycles. The van der Waals surface area contributed by atoms with E-state index < -0.39 is 23.7 Å². The number of nitrogens with one attached hydrogen (secondary N) is 2. The molecule has 25 heavy (non-hydrogen) atoms. The molecule has 1 aromatic heterocycles. The van der Waals surface area contributed by atoms with Crippen LogP contribution >= 0.6 is 0 Å². The Balaban J connectivity index is 2.19. The molecule has 0 fully saturated rings. The maximum Gasteiger partial charge on any atom is 0.252 e. The minimum atomic E-state index is -0.612. The molecule has 0 aliphatic carbocycles. The van der Waals surface area contributed by atoms with E-state index in [9.17, 15) is 14.0 Å². The van der Waals surface area contributed by atoms with E-state index in [1.54, 1.807) is 6.07 Å². The van der Waals surface area contributed by atoms with Crippen molar-refractivity contribution < 1.29 is 23.1 Å². The summed E-state index contributed by atoms with van der Waals surface area (Å²) in [4.78, 5) is 23.6. The number of aryl methyl sites for hydroxylation is 1. The number of carbonyl (C=O) groups is 2. The molecule has 2 aromatic rings. The number of carbonyl (C=O) groups excluding carboxylic acids is 2. The lowest BCUT2D eigenvalue weighted by atomic mass is 10.1. The number of methoxy groups -OCH3 is 1. The fourth-order valence-electron chi connectivity index (χ4n) is 2.33. The van der Waals surface area contributed by atoms with E-state index in [4.69, 9.17) is 9.15 Å². The molecule has 2 N–H and O–H groups in total. The van der Waals surface area contributed by atoms with Gasteiger partial charge >= 0.3 is 0 Å². The molecule has 0 spiro atoms. The van der Waals surface area contributed by atoms with Crippen LogP contribution in [0.2, 0.25) is 0 Å². The first-order valence-electron chi connectivity index (χ1n) is 7.90. The number of benzene rings is 1. The van der Waals surface area contributed by atoms with E-state index in [0.29, 0.717) is 5.76 Å². The topological polar surface area (TPSA) is 80.6 Å². The summed E-state index contributed by atoms with van der Waals surface area (Å²) in [7, 11) is 1.52. The summed E-state index contributed by atoms with van der Waals surface area (Å²) in [6, 6.07) is 6.92. The maximum atomic E-state index is 13.7. The standard InChI is InChI=1S/C18H21FN2O4/c1-4-13-6-8-17(25-13)16(10-24-3)21-18(23)12-5-7-14(19)15(9-12)20-11(2)22/h5-9,16H,4,10H2,1-3H3,(H,20,22)(H,21,23)/t16-/m1/s1. The Hall–Kier alpha value is -2.67. The number of hydrogen-bond donors (Lipinski definition) is 2. The Kier molecular flexibility index (Phi) is 6.30. The first-order valence-corrected chi connectivity index (χ1v) is 7.90. The normalized spacial score (nSPS) is 11.8. The van der Waals surface area contributed by atoms with E-state index >= 15 is 0 Å². The molecule has 0 saturated heterocycles. The number of ether oxygens (including phenoxy) is 1.